The number of ether oxygens (including phenoxy) is 1. The number of aromatic hydroxyl groups is 2. The summed E-state index contributed by atoms with van der Waals surface area (Å²) in [6, 6.07) is 18.3. The molecule has 57 heavy (non-hydrogen) atoms. The van der Waals surface area contributed by atoms with Crippen LogP contribution in [0, 0.1) is 0 Å². The van der Waals surface area contributed by atoms with E-state index in [0.29, 0.717) is 17.7 Å². The third-order valence-corrected chi connectivity index (χ3v) is 14.3. The topological polar surface area (TPSA) is 295 Å². The Hall–Kier alpha value is -3.35. The summed E-state index contributed by atoms with van der Waals surface area (Å²) in [5, 5.41) is 34.7. The molecule has 0 amide bonds. The van der Waals surface area contributed by atoms with Crippen molar-refractivity contribution in [2.45, 2.75) is 61.8 Å². The minimum absolute atomic E-state index is 0.0394. The largest absolute Gasteiger partial charge is 0.508 e. The van der Waals surface area contributed by atoms with Gasteiger partial charge in [0.15, 0.2) is 5.78 Å². The highest BCUT2D eigenvalue weighted by molar-refractivity contribution is 7.81. The van der Waals surface area contributed by atoms with Crippen molar-refractivity contribution in [3.05, 3.63) is 77.9 Å². The van der Waals surface area contributed by atoms with Gasteiger partial charge in [-0.2, -0.15) is 12.6 Å². The van der Waals surface area contributed by atoms with E-state index < -0.39 is 43.5 Å². The second-order valence-electron chi connectivity index (χ2n) is 13.9. The molecule has 12 N–H and O–H groups in total. The average molecular weight is 872 g/mol. The number of aliphatic carboxylic acids is 1. The minimum atomic E-state index is -5.30. The number of carbonyl (C=O) groups excluding carboxylic acids is 1. The smallest absolute Gasteiger partial charge is 0.369 e. The van der Waals surface area contributed by atoms with Crippen molar-refractivity contribution >= 4 is 61.0 Å². The first-order chi connectivity index (χ1) is 26.5. The number of hydrogen-bond donors (Lipinski definition) is 11. The van der Waals surface area contributed by atoms with Crippen molar-refractivity contribution in [3.8, 4) is 27.7 Å². The molecule has 4 aromatic rings. The van der Waals surface area contributed by atoms with Crippen molar-refractivity contribution < 1.29 is 63.5 Å². The molecule has 0 spiro atoms. The predicted molar refractivity (Wildman–Crippen MR) is 222 cm³/mol. The molecule has 1 aliphatic rings. The normalized spacial score (nSPS) is 14.5. The molecular weight excluding hydrogens is 820 g/mol. The number of hydrogen-bond acceptors (Lipinski definition) is 13. The van der Waals surface area contributed by atoms with Crippen molar-refractivity contribution in [3.63, 3.8) is 0 Å². The third kappa shape index (κ3) is 13.3. The second kappa shape index (κ2) is 20.6. The molecule has 16 nitrogen and oxygen atoms in total. The highest BCUT2D eigenvalue weighted by Gasteiger charge is 2.58. The zero-order valence-corrected chi connectivity index (χ0v) is 35.0. The zero-order valence-electron chi connectivity index (χ0n) is 31.5. The van der Waals surface area contributed by atoms with Crippen LogP contribution in [0.5, 0.6) is 17.2 Å². The lowest BCUT2D eigenvalue weighted by Crippen LogP contribution is -2.45. The van der Waals surface area contributed by atoms with E-state index in [1.807, 2.05) is 24.3 Å². The van der Waals surface area contributed by atoms with Crippen LogP contribution in [0.4, 0.5) is 0 Å². The molecular formula is C37H51N3O13P2S2. The van der Waals surface area contributed by atoms with Gasteiger partial charge in [-0.1, -0.05) is 6.42 Å². The number of nitrogens with two attached hydrogens (primary N) is 2. The van der Waals surface area contributed by atoms with E-state index in [1.54, 1.807) is 56.3 Å². The standard InChI is InChI=1S/C28H27NO4S.C5H11NO2S.C4H13NO7P2/c30-21-8-4-20(5-9-21)28-26(24-13-10-22(31)18-25(24)34-28)27(32)19-6-11-23(12-7-19)33-17-16-29-14-2-1-3-15-29;1-5(2,9)3(6)4(7)8;5-3-1-2-4(6,13(7,8)9)14(10,11)12/h4-13,18,30-31H,1-3,14-17H2;3,9H,6H2,1-2H3,(H,7,8);6H,1-3,5H2,(H2,7,8,9)(H2,10,11,12)/t;3-;/m.0./s1. The number of rotatable bonds is 14. The minimum Gasteiger partial charge on any atom is -0.508 e. The lowest BCUT2D eigenvalue weighted by molar-refractivity contribution is -0.139. The number of likely N-dealkylation sites (tertiary alicyclic amines) is 1. The Balaban J connectivity index is 0.000000313. The molecule has 314 valence electrons. The first-order valence-electron chi connectivity index (χ1n) is 17.8. The highest BCUT2D eigenvalue weighted by atomic mass is 32.1. The molecule has 0 saturated carbocycles. The Morgan fingerprint density at radius 2 is 1.47 bits per heavy atom. The van der Waals surface area contributed by atoms with Gasteiger partial charge in [-0.3, -0.25) is 23.6 Å². The SMILES string of the molecule is CC(C)(S)[C@@H](N)C(=O)O.NCCCC(O)(P(=O)(O)O)P(=O)(O)O.O=C(c1ccc(OCCN2CCCCC2)cc1)c1c(-c2ccc(O)cc2)sc2cc(O)ccc12. The van der Waals surface area contributed by atoms with Crippen LogP contribution in [-0.4, -0.2) is 105 Å². The average Bonchev–Trinajstić information content (AvgIpc) is 3.52. The molecule has 0 bridgehead atoms. The number of nitrogens with zero attached hydrogens (tertiary/aromatic N) is 1. The number of aliphatic hydroxyl groups is 1. The molecule has 1 fully saturated rings. The maximum Gasteiger partial charge on any atom is 0.369 e. The molecule has 5 rings (SSSR count). The first kappa shape index (κ1) is 48.0. The molecule has 3 aromatic carbocycles. The first-order valence-corrected chi connectivity index (χ1v) is 22.3. The number of thiol groups is 1. The summed E-state index contributed by atoms with van der Waals surface area (Å²) in [4.78, 5) is 61.6. The summed E-state index contributed by atoms with van der Waals surface area (Å²) in [7, 11) is -10.6. The van der Waals surface area contributed by atoms with Crippen LogP contribution in [0.2, 0.25) is 0 Å². The van der Waals surface area contributed by atoms with Gasteiger partial charge in [-0.05, 0) is 125 Å². The molecule has 2 heterocycles. The van der Waals surface area contributed by atoms with Gasteiger partial charge in [0.05, 0.1) is 0 Å². The predicted octanol–water partition coefficient (Wildman–Crippen LogP) is 4.91. The molecule has 20 heteroatoms. The third-order valence-electron chi connectivity index (χ3n) is 8.95. The monoisotopic (exact) mass is 871 g/mol. The highest BCUT2D eigenvalue weighted by Crippen LogP contribution is 2.69. The van der Waals surface area contributed by atoms with Crippen LogP contribution >= 0.6 is 39.2 Å². The van der Waals surface area contributed by atoms with E-state index in [1.165, 1.54) is 30.6 Å². The number of phenols is 2. The Morgan fingerprint density at radius 3 is 1.96 bits per heavy atom. The summed E-state index contributed by atoms with van der Waals surface area (Å²) in [5.41, 5.74) is 12.3. The molecule has 0 radical (unpaired) electrons. The van der Waals surface area contributed by atoms with Gasteiger partial charge in [0.2, 0.25) is 0 Å². The summed E-state index contributed by atoms with van der Waals surface area (Å²) in [6.45, 7) is 7.13. The van der Waals surface area contributed by atoms with Crippen LogP contribution in [0.15, 0.2) is 66.7 Å². The van der Waals surface area contributed by atoms with E-state index in [-0.39, 0.29) is 30.2 Å². The fourth-order valence-electron chi connectivity index (χ4n) is 5.55. The second-order valence-corrected chi connectivity index (χ2v) is 20.1. The van der Waals surface area contributed by atoms with Gasteiger partial charge in [0.25, 0.3) is 5.08 Å². The van der Waals surface area contributed by atoms with E-state index >= 15 is 0 Å². The fraction of sp³-hybridized carbons (Fsp3) is 0.405. The van der Waals surface area contributed by atoms with Crippen molar-refractivity contribution in [2.24, 2.45) is 11.5 Å². The number of piperidine rings is 1. The summed E-state index contributed by atoms with van der Waals surface area (Å²) in [5.74, 6) is -0.00962. The number of benzene rings is 3. The summed E-state index contributed by atoms with van der Waals surface area (Å²) >= 11 is 5.44. The Morgan fingerprint density at radius 1 is 0.912 bits per heavy atom. The molecule has 0 aliphatic carbocycles. The van der Waals surface area contributed by atoms with Crippen molar-refractivity contribution in [2.75, 3.05) is 32.8 Å². The number of ketones is 1. The van der Waals surface area contributed by atoms with Crippen molar-refractivity contribution in [1.82, 2.24) is 4.90 Å². The van der Waals surface area contributed by atoms with Gasteiger partial charge < -0.3 is 56.2 Å². The van der Waals surface area contributed by atoms with Gasteiger partial charge in [0.1, 0.15) is 29.9 Å². The fourth-order valence-corrected chi connectivity index (χ4v) is 9.16. The quantitative estimate of drug-likeness (QED) is 0.0456. The van der Waals surface area contributed by atoms with Crippen LogP contribution in [-0.2, 0) is 13.9 Å². The molecule has 1 aromatic heterocycles. The van der Waals surface area contributed by atoms with Crippen LogP contribution in [0.25, 0.3) is 20.5 Å². The Bertz CT molecular complexity index is 2020. The number of carboxylic acid groups (broad SMARTS) is 1. The summed E-state index contributed by atoms with van der Waals surface area (Å²) in [6.07, 6.45) is 2.99. The number of phenolic OH excluding ortho intramolecular Hbond substituents is 2. The maximum atomic E-state index is 13.6. The number of carbonyl (C=O) groups is 2. The molecule has 0 unspecified atom stereocenters. The van der Waals surface area contributed by atoms with E-state index in [0.717, 1.165) is 45.9 Å². The van der Waals surface area contributed by atoms with Gasteiger partial charge >= 0.3 is 21.2 Å². The van der Waals surface area contributed by atoms with Gasteiger partial charge in [-0.25, -0.2) is 0 Å². The van der Waals surface area contributed by atoms with Gasteiger partial charge in [-0.15, -0.1) is 11.3 Å². The number of thiophene rings is 1. The Kier molecular flexibility index (Phi) is 17.3. The van der Waals surface area contributed by atoms with Crippen molar-refractivity contribution in [1.29, 1.82) is 0 Å². The lowest BCUT2D eigenvalue weighted by atomic mass is 9.97. The molecule has 1 atom stereocenters. The van der Waals surface area contributed by atoms with Crippen LogP contribution < -0.4 is 16.2 Å². The summed E-state index contributed by atoms with van der Waals surface area (Å²) < 4.78 is 27.5. The maximum absolute atomic E-state index is 13.6. The Labute approximate surface area is 339 Å². The molecule has 1 saturated heterocycles. The lowest BCUT2D eigenvalue weighted by Gasteiger charge is -2.28. The van der Waals surface area contributed by atoms with E-state index in [9.17, 15) is 34.0 Å². The van der Waals surface area contributed by atoms with Gasteiger partial charge in [0, 0.05) is 43.8 Å². The number of carboxylic acids is 1. The van der Waals surface area contributed by atoms with Crippen LogP contribution in [0.3, 0.4) is 0 Å². The van der Waals surface area contributed by atoms with E-state index in [2.05, 4.69) is 17.5 Å². The zero-order chi connectivity index (χ0) is 42.8. The van der Waals surface area contributed by atoms with E-state index in [4.69, 9.17) is 40.9 Å². The molecule has 1 aliphatic heterocycles. The number of fused-ring (bicyclic) bond motifs is 1. The van der Waals surface area contributed by atoms with Crippen LogP contribution in [0.1, 0.15) is 61.9 Å².